The van der Waals surface area contributed by atoms with Gasteiger partial charge in [-0.3, -0.25) is 5.10 Å². The third kappa shape index (κ3) is 4.52. The minimum Gasteiger partial charge on any atom is -0.273 e. The summed E-state index contributed by atoms with van der Waals surface area (Å²) in [6.07, 6.45) is -2.23. The van der Waals surface area contributed by atoms with Crippen molar-refractivity contribution < 1.29 is 13.2 Å². The third-order valence-electron chi connectivity index (χ3n) is 2.95. The Hall–Kier alpha value is -1.43. The summed E-state index contributed by atoms with van der Waals surface area (Å²) in [6.45, 7) is 4.22. The maximum absolute atomic E-state index is 12.7. The van der Waals surface area contributed by atoms with Crippen molar-refractivity contribution in [2.45, 2.75) is 43.0 Å². The SMILES string of the molecule is CC(C)Sc1cccc(CCc2cn[nH]c2C(F)(F)F)c1. The zero-order chi connectivity index (χ0) is 15.5. The molecule has 0 saturated carbocycles. The molecule has 2 nitrogen and oxygen atoms in total. The van der Waals surface area contributed by atoms with Gasteiger partial charge in [-0.2, -0.15) is 18.3 Å². The van der Waals surface area contributed by atoms with Crippen LogP contribution in [0.1, 0.15) is 30.7 Å². The summed E-state index contributed by atoms with van der Waals surface area (Å²) in [6, 6.07) is 7.95. The molecular weight excluding hydrogens is 297 g/mol. The van der Waals surface area contributed by atoms with Gasteiger partial charge in [0.15, 0.2) is 0 Å². The lowest BCUT2D eigenvalue weighted by Gasteiger charge is -2.09. The van der Waals surface area contributed by atoms with E-state index in [1.807, 2.05) is 29.4 Å². The number of nitrogens with zero attached hydrogens (tertiary/aromatic N) is 1. The largest absolute Gasteiger partial charge is 0.433 e. The molecule has 21 heavy (non-hydrogen) atoms. The van der Waals surface area contributed by atoms with Gasteiger partial charge in [0.05, 0.1) is 6.20 Å². The molecule has 2 rings (SSSR count). The van der Waals surface area contributed by atoms with Gasteiger partial charge in [-0.25, -0.2) is 0 Å². The maximum Gasteiger partial charge on any atom is 0.433 e. The van der Waals surface area contributed by atoms with E-state index in [1.165, 1.54) is 6.20 Å². The molecule has 0 aliphatic rings. The van der Waals surface area contributed by atoms with Crippen molar-refractivity contribution in [1.29, 1.82) is 0 Å². The highest BCUT2D eigenvalue weighted by Crippen LogP contribution is 2.31. The predicted octanol–water partition coefficient (Wildman–Crippen LogP) is 4.71. The van der Waals surface area contributed by atoms with Crippen molar-refractivity contribution in [2.24, 2.45) is 0 Å². The van der Waals surface area contributed by atoms with Crippen LogP contribution in [0.2, 0.25) is 0 Å². The zero-order valence-electron chi connectivity index (χ0n) is 11.9. The van der Waals surface area contributed by atoms with Gasteiger partial charge in [0.25, 0.3) is 0 Å². The molecule has 0 radical (unpaired) electrons. The number of rotatable bonds is 5. The quantitative estimate of drug-likeness (QED) is 0.809. The van der Waals surface area contributed by atoms with Crippen LogP contribution in [-0.4, -0.2) is 15.4 Å². The lowest BCUT2D eigenvalue weighted by atomic mass is 10.0. The number of aromatic amines is 1. The Morgan fingerprint density at radius 3 is 2.67 bits per heavy atom. The van der Waals surface area contributed by atoms with E-state index in [9.17, 15) is 13.2 Å². The molecule has 0 bridgehead atoms. The average Bonchev–Trinajstić information content (AvgIpc) is 2.84. The van der Waals surface area contributed by atoms with Crippen LogP contribution in [0.5, 0.6) is 0 Å². The Bertz CT molecular complexity index is 591. The number of benzene rings is 1. The second-order valence-corrected chi connectivity index (χ2v) is 6.73. The predicted molar refractivity (Wildman–Crippen MR) is 78.4 cm³/mol. The van der Waals surface area contributed by atoms with Crippen LogP contribution >= 0.6 is 11.8 Å². The summed E-state index contributed by atoms with van der Waals surface area (Å²) >= 11 is 1.74. The standard InChI is InChI=1S/C15H17F3N2S/c1-10(2)21-13-5-3-4-11(8-13)6-7-12-9-19-20-14(12)15(16,17)18/h3-5,8-10H,6-7H2,1-2H3,(H,19,20). The lowest BCUT2D eigenvalue weighted by molar-refractivity contribution is -0.141. The van der Waals surface area contributed by atoms with Crippen LogP contribution in [-0.2, 0) is 19.0 Å². The molecule has 1 aromatic heterocycles. The summed E-state index contributed by atoms with van der Waals surface area (Å²) in [5.41, 5.74) is 0.509. The Kier molecular flexibility index (Phi) is 4.98. The van der Waals surface area contributed by atoms with Crippen molar-refractivity contribution in [2.75, 3.05) is 0 Å². The summed E-state index contributed by atoms with van der Waals surface area (Å²) < 4.78 is 38.2. The monoisotopic (exact) mass is 314 g/mol. The van der Waals surface area contributed by atoms with Gasteiger partial charge in [-0.05, 0) is 30.5 Å². The number of aryl methyl sites for hydroxylation is 2. The van der Waals surface area contributed by atoms with E-state index in [0.717, 1.165) is 10.5 Å². The number of hydrogen-bond acceptors (Lipinski definition) is 2. The molecule has 2 aromatic rings. The van der Waals surface area contributed by atoms with Crippen molar-refractivity contribution in [3.05, 3.63) is 47.3 Å². The fraction of sp³-hybridized carbons (Fsp3) is 0.400. The van der Waals surface area contributed by atoms with E-state index < -0.39 is 11.9 Å². The summed E-state index contributed by atoms with van der Waals surface area (Å²) in [5.74, 6) is 0. The molecule has 1 aromatic carbocycles. The smallest absolute Gasteiger partial charge is 0.273 e. The van der Waals surface area contributed by atoms with Gasteiger partial charge < -0.3 is 0 Å². The topological polar surface area (TPSA) is 28.7 Å². The maximum atomic E-state index is 12.7. The van der Waals surface area contributed by atoms with Gasteiger partial charge in [0.2, 0.25) is 0 Å². The van der Waals surface area contributed by atoms with Gasteiger partial charge in [-0.1, -0.05) is 26.0 Å². The van der Waals surface area contributed by atoms with Gasteiger partial charge in [-0.15, -0.1) is 11.8 Å². The van der Waals surface area contributed by atoms with Crippen LogP contribution in [0.15, 0.2) is 35.4 Å². The highest BCUT2D eigenvalue weighted by atomic mass is 32.2. The number of halogens is 3. The number of H-pyrrole nitrogens is 1. The van der Waals surface area contributed by atoms with E-state index >= 15 is 0 Å². The molecule has 0 atom stereocenters. The highest BCUT2D eigenvalue weighted by molar-refractivity contribution is 7.99. The Balaban J connectivity index is 2.05. The van der Waals surface area contributed by atoms with E-state index in [-0.39, 0.29) is 5.56 Å². The van der Waals surface area contributed by atoms with Gasteiger partial charge in [0, 0.05) is 15.7 Å². The number of nitrogens with one attached hydrogen (secondary N) is 1. The molecule has 0 aliphatic carbocycles. The molecule has 6 heteroatoms. The fourth-order valence-electron chi connectivity index (χ4n) is 2.07. The first-order valence-electron chi connectivity index (χ1n) is 6.71. The van der Waals surface area contributed by atoms with Crippen LogP contribution in [0.25, 0.3) is 0 Å². The Morgan fingerprint density at radius 1 is 1.24 bits per heavy atom. The van der Waals surface area contributed by atoms with E-state index in [0.29, 0.717) is 18.1 Å². The number of aromatic nitrogens is 2. The first-order valence-corrected chi connectivity index (χ1v) is 7.59. The van der Waals surface area contributed by atoms with E-state index in [2.05, 4.69) is 18.9 Å². The number of thioether (sulfide) groups is 1. The molecule has 1 heterocycles. The molecule has 1 N–H and O–H groups in total. The molecule has 0 amide bonds. The van der Waals surface area contributed by atoms with Crippen molar-refractivity contribution >= 4 is 11.8 Å². The summed E-state index contributed by atoms with van der Waals surface area (Å²) in [4.78, 5) is 1.14. The first-order chi connectivity index (χ1) is 9.86. The minimum absolute atomic E-state index is 0.212. The Labute approximate surface area is 126 Å². The number of hydrogen-bond donors (Lipinski definition) is 1. The average molecular weight is 314 g/mol. The zero-order valence-corrected chi connectivity index (χ0v) is 12.7. The normalized spacial score (nSPS) is 12.1. The third-order valence-corrected chi connectivity index (χ3v) is 3.95. The second kappa shape index (κ2) is 6.56. The summed E-state index contributed by atoms with van der Waals surface area (Å²) in [7, 11) is 0. The second-order valence-electron chi connectivity index (χ2n) is 5.08. The van der Waals surface area contributed by atoms with Crippen molar-refractivity contribution in [3.8, 4) is 0 Å². The van der Waals surface area contributed by atoms with Crippen molar-refractivity contribution in [1.82, 2.24) is 10.2 Å². The fourth-order valence-corrected chi connectivity index (χ4v) is 2.99. The van der Waals surface area contributed by atoms with Crippen LogP contribution in [0, 0.1) is 0 Å². The van der Waals surface area contributed by atoms with E-state index in [4.69, 9.17) is 0 Å². The van der Waals surface area contributed by atoms with Crippen LogP contribution < -0.4 is 0 Å². The van der Waals surface area contributed by atoms with Crippen molar-refractivity contribution in [3.63, 3.8) is 0 Å². The summed E-state index contributed by atoms with van der Waals surface area (Å²) in [5, 5.41) is 6.03. The van der Waals surface area contributed by atoms with Gasteiger partial charge in [0.1, 0.15) is 5.69 Å². The molecule has 0 aliphatic heterocycles. The first kappa shape index (κ1) is 15.9. The van der Waals surface area contributed by atoms with E-state index in [1.54, 1.807) is 11.8 Å². The number of alkyl halides is 3. The van der Waals surface area contributed by atoms with Gasteiger partial charge >= 0.3 is 6.18 Å². The minimum atomic E-state index is -4.37. The molecule has 0 spiro atoms. The Morgan fingerprint density at radius 2 is 2.00 bits per heavy atom. The highest BCUT2D eigenvalue weighted by Gasteiger charge is 2.35. The van der Waals surface area contributed by atoms with Crippen LogP contribution in [0.4, 0.5) is 13.2 Å². The lowest BCUT2D eigenvalue weighted by Crippen LogP contribution is -2.09. The molecular formula is C15H17F3N2S. The molecule has 0 fully saturated rings. The molecule has 0 saturated heterocycles. The van der Waals surface area contributed by atoms with Crippen LogP contribution in [0.3, 0.4) is 0 Å². The molecule has 114 valence electrons. The molecule has 0 unspecified atom stereocenters.